The first kappa shape index (κ1) is 13.4. The molecule has 2 N–H and O–H groups in total. The number of carbonyl (C=O) groups excluding carboxylic acids is 1. The zero-order valence-corrected chi connectivity index (χ0v) is 11.0. The first-order valence-electron chi connectivity index (χ1n) is 5.79. The lowest BCUT2D eigenvalue weighted by molar-refractivity contribution is 0.0957. The van der Waals surface area contributed by atoms with E-state index >= 15 is 0 Å². The van der Waals surface area contributed by atoms with Crippen LogP contribution < -0.4 is 5.32 Å². The molecule has 0 unspecified atom stereocenters. The minimum Gasteiger partial charge on any atom is -0.469 e. The first-order chi connectivity index (χ1) is 9.31. The molecule has 0 fully saturated rings. The second-order valence-electron chi connectivity index (χ2n) is 3.71. The summed E-state index contributed by atoms with van der Waals surface area (Å²) in [4.78, 5) is 12.5. The van der Waals surface area contributed by atoms with Gasteiger partial charge in [0.1, 0.15) is 17.2 Å². The van der Waals surface area contributed by atoms with E-state index in [2.05, 4.69) is 17.2 Å². The van der Waals surface area contributed by atoms with Crippen LogP contribution in [0.3, 0.4) is 0 Å². The third kappa shape index (κ3) is 3.71. The van der Waals surface area contributed by atoms with Crippen molar-refractivity contribution in [2.45, 2.75) is 6.42 Å². The van der Waals surface area contributed by atoms with Crippen molar-refractivity contribution in [1.29, 1.82) is 0 Å². The largest absolute Gasteiger partial charge is 0.469 e. The normalized spacial score (nSPS) is 9.74. The lowest BCUT2D eigenvalue weighted by atomic mass is 10.2. The van der Waals surface area contributed by atoms with Gasteiger partial charge in [0, 0.05) is 18.5 Å². The van der Waals surface area contributed by atoms with Crippen LogP contribution in [-0.4, -0.2) is 24.2 Å². The molecule has 5 heteroatoms. The van der Waals surface area contributed by atoms with Crippen LogP contribution in [0.25, 0.3) is 0 Å². The van der Waals surface area contributed by atoms with Crippen molar-refractivity contribution in [2.75, 3.05) is 13.2 Å². The SMILES string of the molecule is O=C(NCCc1ccco1)c1sccc1C#CCO. The molecule has 0 aromatic carbocycles. The maximum Gasteiger partial charge on any atom is 0.262 e. The Morgan fingerprint density at radius 1 is 1.47 bits per heavy atom. The van der Waals surface area contributed by atoms with E-state index in [4.69, 9.17) is 9.52 Å². The Labute approximate surface area is 115 Å². The first-order valence-corrected chi connectivity index (χ1v) is 6.67. The summed E-state index contributed by atoms with van der Waals surface area (Å²) in [5, 5.41) is 13.3. The van der Waals surface area contributed by atoms with Crippen LogP contribution in [0.1, 0.15) is 21.0 Å². The van der Waals surface area contributed by atoms with Gasteiger partial charge in [-0.1, -0.05) is 11.8 Å². The Hall–Kier alpha value is -2.03. The zero-order valence-electron chi connectivity index (χ0n) is 10.2. The summed E-state index contributed by atoms with van der Waals surface area (Å²) >= 11 is 1.34. The number of hydrogen-bond acceptors (Lipinski definition) is 4. The van der Waals surface area contributed by atoms with Gasteiger partial charge in [0.15, 0.2) is 0 Å². The van der Waals surface area contributed by atoms with Crippen molar-refractivity contribution in [3.05, 3.63) is 46.0 Å². The second kappa shape index (κ2) is 6.78. The van der Waals surface area contributed by atoms with E-state index in [0.29, 0.717) is 23.4 Å². The molecule has 0 aliphatic rings. The van der Waals surface area contributed by atoms with E-state index in [1.54, 1.807) is 12.3 Å². The van der Waals surface area contributed by atoms with Crippen LogP contribution in [0.15, 0.2) is 34.3 Å². The molecule has 1 amide bonds. The number of rotatable bonds is 4. The highest BCUT2D eigenvalue weighted by atomic mass is 32.1. The van der Waals surface area contributed by atoms with Gasteiger partial charge >= 0.3 is 0 Å². The van der Waals surface area contributed by atoms with Gasteiger partial charge in [0.25, 0.3) is 5.91 Å². The Morgan fingerprint density at radius 2 is 2.37 bits per heavy atom. The standard InChI is InChI=1S/C14H13NO3S/c16-8-1-3-11-6-10-19-13(11)14(17)15-7-5-12-4-2-9-18-12/h2,4,6,9-10,16H,5,7-8H2,(H,15,17). The summed E-state index contributed by atoms with van der Waals surface area (Å²) in [6.07, 6.45) is 2.26. The predicted octanol–water partition coefficient (Wildman–Crippen LogP) is 1.66. The summed E-state index contributed by atoms with van der Waals surface area (Å²) in [7, 11) is 0. The summed E-state index contributed by atoms with van der Waals surface area (Å²) < 4.78 is 5.18. The van der Waals surface area contributed by atoms with Gasteiger partial charge in [-0.05, 0) is 23.6 Å². The molecule has 0 saturated heterocycles. The maximum absolute atomic E-state index is 12.0. The Balaban J connectivity index is 1.91. The molecule has 0 spiro atoms. The summed E-state index contributed by atoms with van der Waals surface area (Å²) in [6, 6.07) is 5.46. The van der Waals surface area contributed by atoms with E-state index in [1.165, 1.54) is 11.3 Å². The fourth-order valence-electron chi connectivity index (χ4n) is 1.55. The molecule has 0 bridgehead atoms. The zero-order chi connectivity index (χ0) is 13.5. The Bertz CT molecular complexity index is 590. The Morgan fingerprint density at radius 3 is 3.11 bits per heavy atom. The number of aliphatic hydroxyl groups excluding tert-OH is 1. The van der Waals surface area contributed by atoms with Crippen molar-refractivity contribution in [3.63, 3.8) is 0 Å². The molecule has 2 heterocycles. The number of aliphatic hydroxyl groups is 1. The van der Waals surface area contributed by atoms with E-state index in [9.17, 15) is 4.79 Å². The predicted molar refractivity (Wildman–Crippen MR) is 73.0 cm³/mol. The summed E-state index contributed by atoms with van der Waals surface area (Å²) in [5.41, 5.74) is 0.648. The van der Waals surface area contributed by atoms with Crippen LogP contribution in [0.2, 0.25) is 0 Å². The average Bonchev–Trinajstić information content (AvgIpc) is 3.07. The Kier molecular flexibility index (Phi) is 4.78. The van der Waals surface area contributed by atoms with Crippen LogP contribution in [0, 0.1) is 11.8 Å². The van der Waals surface area contributed by atoms with Gasteiger partial charge < -0.3 is 14.8 Å². The van der Waals surface area contributed by atoms with Crippen molar-refractivity contribution >= 4 is 17.2 Å². The second-order valence-corrected chi connectivity index (χ2v) is 4.62. The highest BCUT2D eigenvalue weighted by molar-refractivity contribution is 7.12. The third-order valence-corrected chi connectivity index (χ3v) is 3.32. The smallest absolute Gasteiger partial charge is 0.262 e. The number of amides is 1. The van der Waals surface area contributed by atoms with Crippen molar-refractivity contribution < 1.29 is 14.3 Å². The van der Waals surface area contributed by atoms with Gasteiger partial charge in [-0.15, -0.1) is 11.3 Å². The highest BCUT2D eigenvalue weighted by Crippen LogP contribution is 2.15. The molecule has 0 saturated carbocycles. The fraction of sp³-hybridized carbons (Fsp3) is 0.214. The van der Waals surface area contributed by atoms with Crippen LogP contribution in [0.5, 0.6) is 0 Å². The minimum atomic E-state index is -0.213. The number of hydrogen-bond donors (Lipinski definition) is 2. The number of thiophene rings is 1. The van der Waals surface area contributed by atoms with E-state index in [0.717, 1.165) is 5.76 Å². The lowest BCUT2D eigenvalue weighted by Gasteiger charge is -2.02. The third-order valence-electron chi connectivity index (χ3n) is 2.41. The average molecular weight is 275 g/mol. The van der Waals surface area contributed by atoms with E-state index < -0.39 is 0 Å². The molecule has 0 atom stereocenters. The number of carbonyl (C=O) groups is 1. The summed E-state index contributed by atoms with van der Waals surface area (Å²) in [6.45, 7) is 0.298. The van der Waals surface area contributed by atoms with Crippen molar-refractivity contribution in [2.24, 2.45) is 0 Å². The molecule has 0 radical (unpaired) electrons. The van der Waals surface area contributed by atoms with Crippen molar-refractivity contribution in [1.82, 2.24) is 5.32 Å². The van der Waals surface area contributed by atoms with Gasteiger partial charge in [-0.2, -0.15) is 0 Å². The van der Waals surface area contributed by atoms with Crippen molar-refractivity contribution in [3.8, 4) is 11.8 Å². The van der Waals surface area contributed by atoms with Gasteiger partial charge in [-0.3, -0.25) is 4.79 Å². The molecule has 19 heavy (non-hydrogen) atoms. The molecular formula is C14H13NO3S. The topological polar surface area (TPSA) is 62.5 Å². The summed E-state index contributed by atoms with van der Waals surface area (Å²) in [5.74, 6) is 5.99. The van der Waals surface area contributed by atoms with Gasteiger partial charge in [-0.25, -0.2) is 0 Å². The molecular weight excluding hydrogens is 262 g/mol. The monoisotopic (exact) mass is 275 g/mol. The van der Waals surface area contributed by atoms with Crippen LogP contribution >= 0.6 is 11.3 Å². The van der Waals surface area contributed by atoms with Crippen LogP contribution in [-0.2, 0) is 6.42 Å². The van der Waals surface area contributed by atoms with E-state index in [-0.39, 0.29) is 12.5 Å². The lowest BCUT2D eigenvalue weighted by Crippen LogP contribution is -2.25. The van der Waals surface area contributed by atoms with E-state index in [1.807, 2.05) is 17.5 Å². The fourth-order valence-corrected chi connectivity index (χ4v) is 2.32. The maximum atomic E-state index is 12.0. The molecule has 4 nitrogen and oxygen atoms in total. The molecule has 2 rings (SSSR count). The highest BCUT2D eigenvalue weighted by Gasteiger charge is 2.11. The molecule has 2 aromatic heterocycles. The quantitative estimate of drug-likeness (QED) is 0.834. The number of furan rings is 1. The van der Waals surface area contributed by atoms with Gasteiger partial charge in [0.05, 0.1) is 6.26 Å². The molecule has 0 aliphatic carbocycles. The molecule has 98 valence electrons. The van der Waals surface area contributed by atoms with Gasteiger partial charge in [0.2, 0.25) is 0 Å². The number of nitrogens with one attached hydrogen (secondary N) is 1. The van der Waals surface area contributed by atoms with Crippen LogP contribution in [0.4, 0.5) is 0 Å². The molecule has 0 aliphatic heterocycles. The minimum absolute atomic E-state index is 0.149. The molecule has 2 aromatic rings.